The molecule has 0 unspecified atom stereocenters. The molecular formula is C29H33N5O4. The molecule has 0 aliphatic carbocycles. The first-order valence-electron chi connectivity index (χ1n) is 12.4. The Morgan fingerprint density at radius 2 is 1.58 bits per heavy atom. The summed E-state index contributed by atoms with van der Waals surface area (Å²) in [6.07, 6.45) is 0.151. The average Bonchev–Trinajstić information content (AvgIpc) is 3.19. The number of anilines is 1. The molecule has 0 spiro atoms. The number of hydrogen-bond acceptors (Lipinski definition) is 6. The molecule has 0 saturated heterocycles. The van der Waals surface area contributed by atoms with Crippen LogP contribution in [0.5, 0.6) is 0 Å². The zero-order chi connectivity index (χ0) is 27.5. The quantitative estimate of drug-likeness (QED) is 0.319. The Kier molecular flexibility index (Phi) is 7.39. The molecule has 9 heteroatoms. The summed E-state index contributed by atoms with van der Waals surface area (Å²) in [6, 6.07) is 21.3. The van der Waals surface area contributed by atoms with Crippen molar-refractivity contribution in [2.45, 2.75) is 59.3 Å². The van der Waals surface area contributed by atoms with E-state index in [-0.39, 0.29) is 5.82 Å². The van der Waals surface area contributed by atoms with Gasteiger partial charge in [-0.15, -0.1) is 0 Å². The van der Waals surface area contributed by atoms with Gasteiger partial charge in [0.25, 0.3) is 0 Å². The van der Waals surface area contributed by atoms with Crippen LogP contribution in [-0.2, 0) is 16.0 Å². The Morgan fingerprint density at radius 1 is 0.895 bits per heavy atom. The number of aromatic nitrogens is 3. The lowest BCUT2D eigenvalue weighted by atomic mass is 10.2. The second kappa shape index (κ2) is 10.5. The maximum atomic E-state index is 13.1. The van der Waals surface area contributed by atoms with Crippen LogP contribution in [0.25, 0.3) is 22.4 Å². The molecule has 0 aliphatic heterocycles. The summed E-state index contributed by atoms with van der Waals surface area (Å²) >= 11 is 0. The Labute approximate surface area is 222 Å². The van der Waals surface area contributed by atoms with E-state index in [1.54, 1.807) is 53.8 Å². The van der Waals surface area contributed by atoms with Crippen molar-refractivity contribution >= 4 is 29.0 Å². The van der Waals surface area contributed by atoms with Gasteiger partial charge in [0.15, 0.2) is 5.82 Å². The van der Waals surface area contributed by atoms with Gasteiger partial charge < -0.3 is 14.0 Å². The molecule has 4 aromatic rings. The van der Waals surface area contributed by atoms with E-state index in [0.717, 1.165) is 27.5 Å². The molecule has 0 atom stereocenters. The first-order chi connectivity index (χ1) is 17.9. The number of carbonyl (C=O) groups excluding carboxylic acids is 2. The Balaban J connectivity index is 1.78. The topological polar surface area (TPSA) is 98.6 Å². The molecule has 0 saturated carbocycles. The van der Waals surface area contributed by atoms with Crippen LogP contribution in [0, 0.1) is 0 Å². The number of nitrogens with zero attached hydrogens (tertiary/aromatic N) is 4. The normalized spacial score (nSPS) is 11.7. The van der Waals surface area contributed by atoms with Gasteiger partial charge >= 0.3 is 12.2 Å². The number of nitrogens with one attached hydrogen (secondary N) is 1. The van der Waals surface area contributed by atoms with Crippen molar-refractivity contribution in [3.05, 3.63) is 78.5 Å². The summed E-state index contributed by atoms with van der Waals surface area (Å²) in [5.74, 6) is 0.182. The van der Waals surface area contributed by atoms with Crippen LogP contribution in [0.4, 0.5) is 15.4 Å². The number of hydrazine groups is 1. The first kappa shape index (κ1) is 26.7. The predicted octanol–water partition coefficient (Wildman–Crippen LogP) is 6.33. The minimum Gasteiger partial charge on any atom is -0.443 e. The summed E-state index contributed by atoms with van der Waals surface area (Å²) in [5.41, 5.74) is 5.19. The molecule has 1 aromatic carbocycles. The Bertz CT molecular complexity index is 1420. The number of hydrogen-bond donors (Lipinski definition) is 1. The number of rotatable bonds is 4. The predicted molar refractivity (Wildman–Crippen MR) is 147 cm³/mol. The Morgan fingerprint density at radius 3 is 2.21 bits per heavy atom. The molecule has 38 heavy (non-hydrogen) atoms. The average molecular weight is 516 g/mol. The van der Waals surface area contributed by atoms with E-state index in [4.69, 9.17) is 14.5 Å². The number of amides is 2. The molecule has 3 heterocycles. The zero-order valence-corrected chi connectivity index (χ0v) is 22.6. The van der Waals surface area contributed by atoms with Crippen molar-refractivity contribution < 1.29 is 19.1 Å². The van der Waals surface area contributed by atoms with Crippen LogP contribution in [-0.4, -0.2) is 37.9 Å². The maximum Gasteiger partial charge on any atom is 0.435 e. The molecule has 0 bridgehead atoms. The van der Waals surface area contributed by atoms with Gasteiger partial charge in [0.05, 0.1) is 22.4 Å². The third-order valence-electron chi connectivity index (χ3n) is 5.26. The molecule has 198 valence electrons. The summed E-state index contributed by atoms with van der Waals surface area (Å²) in [6.45, 7) is 11.1. The number of carbonyl (C=O) groups is 2. The van der Waals surface area contributed by atoms with Gasteiger partial charge in [0.2, 0.25) is 0 Å². The van der Waals surface area contributed by atoms with Crippen LogP contribution in [0.2, 0.25) is 0 Å². The van der Waals surface area contributed by atoms with E-state index < -0.39 is 23.4 Å². The fraction of sp³-hybridized carbons (Fsp3) is 0.310. The summed E-state index contributed by atoms with van der Waals surface area (Å²) in [4.78, 5) is 35.0. The highest BCUT2D eigenvalue weighted by Crippen LogP contribution is 2.29. The smallest absolute Gasteiger partial charge is 0.435 e. The van der Waals surface area contributed by atoms with Crippen molar-refractivity contribution in [3.8, 4) is 11.4 Å². The molecular weight excluding hydrogens is 482 g/mol. The van der Waals surface area contributed by atoms with Crippen molar-refractivity contribution in [3.63, 3.8) is 0 Å². The third-order valence-corrected chi connectivity index (χ3v) is 5.26. The first-order valence-corrected chi connectivity index (χ1v) is 12.4. The second-order valence-corrected chi connectivity index (χ2v) is 10.8. The molecule has 0 fully saturated rings. The van der Waals surface area contributed by atoms with Crippen LogP contribution in [0.1, 0.15) is 47.1 Å². The monoisotopic (exact) mass is 515 g/mol. The van der Waals surface area contributed by atoms with Gasteiger partial charge in [-0.2, -0.15) is 5.01 Å². The van der Waals surface area contributed by atoms with Crippen LogP contribution >= 0.6 is 0 Å². The van der Waals surface area contributed by atoms with Crippen LogP contribution in [0.15, 0.2) is 72.9 Å². The molecule has 0 aliphatic rings. The molecule has 4 rings (SSSR count). The minimum absolute atomic E-state index is 0.182. The lowest BCUT2D eigenvalue weighted by Gasteiger charge is -2.28. The third kappa shape index (κ3) is 6.67. The standard InChI is InChI=1S/C29H33N5O4/c1-28(2,3)37-26(35)32-34(27(36)38-29(4,5)6)25-16-15-23-22(31-25)18-24(21-14-10-11-17-30-21)33(23)19-20-12-8-7-9-13-20/h7-18H,19H2,1-6H3,(H,32,35). The number of benzene rings is 1. The van der Waals surface area contributed by atoms with Gasteiger partial charge in [-0.05, 0) is 77.4 Å². The highest BCUT2D eigenvalue weighted by molar-refractivity contribution is 5.92. The minimum atomic E-state index is -0.805. The highest BCUT2D eigenvalue weighted by Gasteiger charge is 2.28. The Hall–Kier alpha value is -4.40. The van der Waals surface area contributed by atoms with Crippen molar-refractivity contribution in [2.24, 2.45) is 0 Å². The van der Waals surface area contributed by atoms with E-state index in [1.807, 2.05) is 48.5 Å². The molecule has 2 amide bonds. The molecule has 3 aromatic heterocycles. The van der Waals surface area contributed by atoms with Gasteiger partial charge in [-0.25, -0.2) is 20.0 Å². The maximum absolute atomic E-state index is 13.1. The number of ether oxygens (including phenoxy) is 2. The lowest BCUT2D eigenvalue weighted by molar-refractivity contribution is 0.0424. The summed E-state index contributed by atoms with van der Waals surface area (Å²) in [7, 11) is 0. The summed E-state index contributed by atoms with van der Waals surface area (Å²) < 4.78 is 13.0. The van der Waals surface area contributed by atoms with E-state index in [0.29, 0.717) is 12.1 Å². The highest BCUT2D eigenvalue weighted by atomic mass is 16.6. The van der Waals surface area contributed by atoms with Crippen molar-refractivity contribution in [2.75, 3.05) is 5.01 Å². The van der Waals surface area contributed by atoms with E-state index in [9.17, 15) is 9.59 Å². The fourth-order valence-corrected chi connectivity index (χ4v) is 3.81. The zero-order valence-electron chi connectivity index (χ0n) is 22.6. The molecule has 9 nitrogen and oxygen atoms in total. The van der Waals surface area contributed by atoms with Gasteiger partial charge in [0, 0.05) is 12.7 Å². The summed E-state index contributed by atoms with van der Waals surface area (Å²) in [5, 5.41) is 0.966. The fourth-order valence-electron chi connectivity index (χ4n) is 3.81. The number of pyridine rings is 2. The van der Waals surface area contributed by atoms with E-state index >= 15 is 0 Å². The molecule has 0 radical (unpaired) electrons. The largest absolute Gasteiger partial charge is 0.443 e. The van der Waals surface area contributed by atoms with Gasteiger partial charge in [-0.3, -0.25) is 4.98 Å². The lowest BCUT2D eigenvalue weighted by Crippen LogP contribution is -2.50. The van der Waals surface area contributed by atoms with E-state index in [2.05, 4.69) is 27.1 Å². The SMILES string of the molecule is CC(C)(C)OC(=O)NN(C(=O)OC(C)(C)C)c1ccc2c(cc(-c3ccccn3)n2Cc2ccccc2)n1. The van der Waals surface area contributed by atoms with Gasteiger partial charge in [-0.1, -0.05) is 36.4 Å². The number of fused-ring (bicyclic) bond motifs is 1. The second-order valence-electron chi connectivity index (χ2n) is 10.8. The van der Waals surface area contributed by atoms with Crippen LogP contribution in [0.3, 0.4) is 0 Å². The van der Waals surface area contributed by atoms with Crippen molar-refractivity contribution in [1.82, 2.24) is 20.0 Å². The van der Waals surface area contributed by atoms with Gasteiger partial charge in [0.1, 0.15) is 11.2 Å². The van der Waals surface area contributed by atoms with Crippen LogP contribution < -0.4 is 10.4 Å². The molecule has 1 N–H and O–H groups in total. The van der Waals surface area contributed by atoms with E-state index in [1.165, 1.54) is 0 Å². The van der Waals surface area contributed by atoms with Crippen molar-refractivity contribution in [1.29, 1.82) is 0 Å².